The van der Waals surface area contributed by atoms with Gasteiger partial charge in [0, 0.05) is 17.7 Å². The zero-order valence-corrected chi connectivity index (χ0v) is 13.0. The van der Waals surface area contributed by atoms with Crippen LogP contribution in [0.3, 0.4) is 0 Å². The summed E-state index contributed by atoms with van der Waals surface area (Å²) in [5, 5.41) is 7.08. The SMILES string of the molecule is Cc1ccc(C(=O)NCc2cscc2C)cc1C#CCN. The molecule has 0 bridgehead atoms. The van der Waals surface area contributed by atoms with E-state index >= 15 is 0 Å². The summed E-state index contributed by atoms with van der Waals surface area (Å²) in [7, 11) is 0. The van der Waals surface area contributed by atoms with Crippen LogP contribution in [0.4, 0.5) is 0 Å². The number of thiophene rings is 1. The molecule has 0 saturated heterocycles. The first-order valence-electron chi connectivity index (χ1n) is 6.71. The van der Waals surface area contributed by atoms with Crippen LogP contribution in [-0.2, 0) is 6.54 Å². The average Bonchev–Trinajstić information content (AvgIpc) is 2.89. The molecule has 0 aliphatic carbocycles. The van der Waals surface area contributed by atoms with E-state index in [1.54, 1.807) is 11.3 Å². The van der Waals surface area contributed by atoms with Crippen LogP contribution in [-0.4, -0.2) is 12.5 Å². The molecule has 4 heteroatoms. The molecule has 1 aromatic heterocycles. The van der Waals surface area contributed by atoms with Gasteiger partial charge in [0.25, 0.3) is 5.91 Å². The second-order valence-corrected chi connectivity index (χ2v) is 5.54. The highest BCUT2D eigenvalue weighted by atomic mass is 32.1. The van der Waals surface area contributed by atoms with Gasteiger partial charge in [0.1, 0.15) is 0 Å². The Hall–Kier alpha value is -2.09. The van der Waals surface area contributed by atoms with Crippen molar-refractivity contribution in [3.63, 3.8) is 0 Å². The molecule has 2 aromatic rings. The number of hydrogen-bond acceptors (Lipinski definition) is 3. The Morgan fingerprint density at radius 1 is 1.29 bits per heavy atom. The lowest BCUT2D eigenvalue weighted by Crippen LogP contribution is -2.23. The molecule has 2 rings (SSSR count). The third-order valence-electron chi connectivity index (χ3n) is 3.23. The number of nitrogens with two attached hydrogens (primary N) is 1. The molecular weight excluding hydrogens is 280 g/mol. The van der Waals surface area contributed by atoms with E-state index < -0.39 is 0 Å². The highest BCUT2D eigenvalue weighted by Gasteiger charge is 2.08. The van der Waals surface area contributed by atoms with Crippen LogP contribution in [0.25, 0.3) is 0 Å². The normalized spacial score (nSPS) is 9.86. The van der Waals surface area contributed by atoms with Crippen molar-refractivity contribution in [1.29, 1.82) is 0 Å². The summed E-state index contributed by atoms with van der Waals surface area (Å²) < 4.78 is 0. The summed E-state index contributed by atoms with van der Waals surface area (Å²) in [6.45, 7) is 4.88. The van der Waals surface area contributed by atoms with Crippen LogP contribution in [0, 0.1) is 25.7 Å². The molecule has 1 amide bonds. The minimum atomic E-state index is -0.0867. The molecule has 0 saturated carbocycles. The van der Waals surface area contributed by atoms with Gasteiger partial charge < -0.3 is 11.1 Å². The summed E-state index contributed by atoms with van der Waals surface area (Å²) in [5.74, 6) is 5.73. The molecule has 0 aliphatic heterocycles. The molecule has 3 nitrogen and oxygen atoms in total. The first kappa shape index (κ1) is 15.3. The number of nitrogens with one attached hydrogen (secondary N) is 1. The minimum absolute atomic E-state index is 0.0867. The number of hydrogen-bond donors (Lipinski definition) is 2. The second kappa shape index (κ2) is 7.07. The molecule has 0 radical (unpaired) electrons. The van der Waals surface area contributed by atoms with E-state index in [1.165, 1.54) is 5.56 Å². The molecule has 1 heterocycles. The maximum atomic E-state index is 12.2. The summed E-state index contributed by atoms with van der Waals surface area (Å²) in [6.07, 6.45) is 0. The summed E-state index contributed by atoms with van der Waals surface area (Å²) >= 11 is 1.65. The third-order valence-corrected chi connectivity index (χ3v) is 4.14. The molecule has 0 atom stereocenters. The number of carbonyl (C=O) groups is 1. The van der Waals surface area contributed by atoms with Crippen LogP contribution in [0.2, 0.25) is 0 Å². The van der Waals surface area contributed by atoms with E-state index in [-0.39, 0.29) is 5.91 Å². The van der Waals surface area contributed by atoms with Crippen molar-refractivity contribution in [1.82, 2.24) is 5.32 Å². The minimum Gasteiger partial charge on any atom is -0.348 e. The Kier molecular flexibility index (Phi) is 5.15. The lowest BCUT2D eigenvalue weighted by atomic mass is 10.0. The lowest BCUT2D eigenvalue weighted by molar-refractivity contribution is 0.0951. The van der Waals surface area contributed by atoms with Crippen molar-refractivity contribution in [2.75, 3.05) is 6.54 Å². The van der Waals surface area contributed by atoms with Crippen molar-refractivity contribution < 1.29 is 4.79 Å². The predicted octanol–water partition coefficient (Wildman–Crippen LogP) is 2.61. The van der Waals surface area contributed by atoms with E-state index in [2.05, 4.69) is 27.9 Å². The van der Waals surface area contributed by atoms with Gasteiger partial charge in [0.05, 0.1) is 6.54 Å². The van der Waals surface area contributed by atoms with E-state index in [0.29, 0.717) is 18.7 Å². The van der Waals surface area contributed by atoms with E-state index in [4.69, 9.17) is 5.73 Å². The maximum absolute atomic E-state index is 12.2. The van der Waals surface area contributed by atoms with Crippen molar-refractivity contribution in [2.45, 2.75) is 20.4 Å². The Morgan fingerprint density at radius 3 is 2.76 bits per heavy atom. The van der Waals surface area contributed by atoms with Crippen molar-refractivity contribution in [3.05, 3.63) is 56.8 Å². The molecule has 0 aliphatic rings. The van der Waals surface area contributed by atoms with Gasteiger partial charge in [-0.15, -0.1) is 0 Å². The summed E-state index contributed by atoms with van der Waals surface area (Å²) in [4.78, 5) is 12.2. The van der Waals surface area contributed by atoms with Crippen molar-refractivity contribution in [3.8, 4) is 11.8 Å². The molecular formula is C17H18N2OS. The van der Waals surface area contributed by atoms with Gasteiger partial charge >= 0.3 is 0 Å². The zero-order valence-electron chi connectivity index (χ0n) is 12.2. The Bertz CT molecular complexity index is 707. The van der Waals surface area contributed by atoms with Gasteiger partial charge in [-0.3, -0.25) is 4.79 Å². The van der Waals surface area contributed by atoms with Gasteiger partial charge in [-0.1, -0.05) is 17.9 Å². The third kappa shape index (κ3) is 3.94. The van der Waals surface area contributed by atoms with E-state index in [0.717, 1.165) is 16.7 Å². The molecule has 0 unspecified atom stereocenters. The first-order chi connectivity index (χ1) is 10.1. The average molecular weight is 298 g/mol. The molecule has 0 fully saturated rings. The fraction of sp³-hybridized carbons (Fsp3) is 0.235. The van der Waals surface area contributed by atoms with Gasteiger partial charge in [-0.05, 0) is 53.4 Å². The molecule has 21 heavy (non-hydrogen) atoms. The van der Waals surface area contributed by atoms with Gasteiger partial charge in [-0.25, -0.2) is 0 Å². The van der Waals surface area contributed by atoms with Gasteiger partial charge in [-0.2, -0.15) is 11.3 Å². The summed E-state index contributed by atoms with van der Waals surface area (Å²) in [5.41, 5.74) is 10.3. The largest absolute Gasteiger partial charge is 0.348 e. The zero-order chi connectivity index (χ0) is 15.2. The molecule has 108 valence electrons. The fourth-order valence-electron chi connectivity index (χ4n) is 1.89. The smallest absolute Gasteiger partial charge is 0.251 e. The van der Waals surface area contributed by atoms with Crippen LogP contribution in [0.1, 0.15) is 32.6 Å². The van der Waals surface area contributed by atoms with Crippen molar-refractivity contribution >= 4 is 17.2 Å². The summed E-state index contributed by atoms with van der Waals surface area (Å²) in [6, 6.07) is 5.54. The monoisotopic (exact) mass is 298 g/mol. The standard InChI is InChI=1S/C17H18N2OS/c1-12-5-6-15(8-14(12)4-3-7-18)17(20)19-9-16-11-21-10-13(16)2/h5-6,8,10-11H,7,9,18H2,1-2H3,(H,19,20). The predicted molar refractivity (Wildman–Crippen MR) is 87.3 cm³/mol. The number of rotatable bonds is 3. The molecule has 3 N–H and O–H groups in total. The fourth-order valence-corrected chi connectivity index (χ4v) is 2.75. The lowest BCUT2D eigenvalue weighted by Gasteiger charge is -2.07. The van der Waals surface area contributed by atoms with Gasteiger partial charge in [0.15, 0.2) is 0 Å². The Balaban J connectivity index is 2.10. The topological polar surface area (TPSA) is 55.1 Å². The Morgan fingerprint density at radius 2 is 2.10 bits per heavy atom. The Labute approximate surface area is 129 Å². The highest BCUT2D eigenvalue weighted by molar-refractivity contribution is 7.08. The number of aryl methyl sites for hydroxylation is 2. The van der Waals surface area contributed by atoms with Crippen LogP contribution in [0.5, 0.6) is 0 Å². The van der Waals surface area contributed by atoms with Crippen LogP contribution >= 0.6 is 11.3 Å². The second-order valence-electron chi connectivity index (χ2n) is 4.80. The number of amides is 1. The first-order valence-corrected chi connectivity index (χ1v) is 7.65. The van der Waals surface area contributed by atoms with Crippen LogP contribution < -0.4 is 11.1 Å². The van der Waals surface area contributed by atoms with Crippen molar-refractivity contribution in [2.24, 2.45) is 5.73 Å². The number of carbonyl (C=O) groups excluding carboxylic acids is 1. The van der Waals surface area contributed by atoms with Crippen LogP contribution in [0.15, 0.2) is 29.0 Å². The molecule has 0 spiro atoms. The number of benzene rings is 1. The van der Waals surface area contributed by atoms with E-state index in [1.807, 2.05) is 32.0 Å². The molecule has 1 aromatic carbocycles. The maximum Gasteiger partial charge on any atom is 0.251 e. The highest BCUT2D eigenvalue weighted by Crippen LogP contribution is 2.14. The van der Waals surface area contributed by atoms with Gasteiger partial charge in [0.2, 0.25) is 0 Å². The quantitative estimate of drug-likeness (QED) is 0.856. The van der Waals surface area contributed by atoms with E-state index in [9.17, 15) is 4.79 Å².